The van der Waals surface area contributed by atoms with Gasteiger partial charge in [0.15, 0.2) is 0 Å². The summed E-state index contributed by atoms with van der Waals surface area (Å²) in [6.45, 7) is 0. The van der Waals surface area contributed by atoms with Crippen molar-refractivity contribution in [1.82, 2.24) is 5.43 Å². The molecule has 0 aliphatic heterocycles. The summed E-state index contributed by atoms with van der Waals surface area (Å²) in [6.07, 6.45) is -2.31. The minimum absolute atomic E-state index is 0.105. The van der Waals surface area contributed by atoms with Crippen molar-refractivity contribution in [1.29, 1.82) is 0 Å². The van der Waals surface area contributed by atoms with E-state index in [0.717, 1.165) is 24.1 Å². The van der Waals surface area contributed by atoms with E-state index >= 15 is 0 Å². The van der Waals surface area contributed by atoms with Crippen LogP contribution in [0.2, 0.25) is 0 Å². The van der Waals surface area contributed by atoms with E-state index in [2.05, 4.69) is 10.5 Å². The Labute approximate surface area is 165 Å². The van der Waals surface area contributed by atoms with Crippen LogP contribution in [0.4, 0.5) is 13.2 Å². The molecule has 1 aromatic heterocycles. The molecule has 0 unspecified atom stereocenters. The van der Waals surface area contributed by atoms with Gasteiger partial charge in [-0.25, -0.2) is 5.43 Å². The Morgan fingerprint density at radius 2 is 1.86 bits per heavy atom. The number of nitrogens with one attached hydrogen (secondary N) is 1. The number of halogens is 3. The summed E-state index contributed by atoms with van der Waals surface area (Å²) >= 11 is 0. The highest BCUT2D eigenvalue weighted by Gasteiger charge is 2.43. The molecule has 2 atom stereocenters. The zero-order valence-electron chi connectivity index (χ0n) is 15.2. The van der Waals surface area contributed by atoms with Gasteiger partial charge in [0.2, 0.25) is 5.91 Å². The van der Waals surface area contributed by atoms with Crippen molar-refractivity contribution in [2.24, 2.45) is 11.0 Å². The monoisotopic (exact) mass is 398 g/mol. The number of carbonyl (C=O) groups excluding carboxylic acids is 1. The van der Waals surface area contributed by atoms with E-state index < -0.39 is 11.7 Å². The van der Waals surface area contributed by atoms with Crippen molar-refractivity contribution in [3.05, 3.63) is 83.6 Å². The Morgan fingerprint density at radius 1 is 1.07 bits per heavy atom. The molecule has 1 saturated carbocycles. The minimum Gasteiger partial charge on any atom is -0.455 e. The third-order valence-electron chi connectivity index (χ3n) is 4.82. The molecule has 4 nitrogen and oxygen atoms in total. The van der Waals surface area contributed by atoms with Crippen molar-refractivity contribution >= 4 is 12.1 Å². The third kappa shape index (κ3) is 4.39. The first kappa shape index (κ1) is 19.0. The van der Waals surface area contributed by atoms with Crippen LogP contribution in [0.25, 0.3) is 11.3 Å². The summed E-state index contributed by atoms with van der Waals surface area (Å²) in [5.74, 6) is 0.553. The standard InChI is InChI=1S/C22H17F3N2O2/c23-22(24,25)16-8-4-7-15(11-16)20-10-9-17(29-20)13-26-27-21(28)19-12-18(19)14-5-2-1-3-6-14/h1-11,13,18-19H,12H2,(H,27,28)/b26-13+/t18-,19+/m1/s1. The van der Waals surface area contributed by atoms with Gasteiger partial charge in [-0.15, -0.1) is 0 Å². The average molecular weight is 398 g/mol. The van der Waals surface area contributed by atoms with Gasteiger partial charge in [0.25, 0.3) is 0 Å². The van der Waals surface area contributed by atoms with Gasteiger partial charge in [0.05, 0.1) is 11.8 Å². The van der Waals surface area contributed by atoms with Crippen LogP contribution in [0.5, 0.6) is 0 Å². The summed E-state index contributed by atoms with van der Waals surface area (Å²) < 4.78 is 44.1. The highest BCUT2D eigenvalue weighted by molar-refractivity contribution is 5.85. The Hall–Kier alpha value is -3.35. The smallest absolute Gasteiger partial charge is 0.416 e. The van der Waals surface area contributed by atoms with Crippen LogP contribution in [0.15, 0.2) is 76.2 Å². The topological polar surface area (TPSA) is 54.6 Å². The quantitative estimate of drug-likeness (QED) is 0.473. The summed E-state index contributed by atoms with van der Waals surface area (Å²) in [7, 11) is 0. The molecular formula is C22H17F3N2O2. The van der Waals surface area contributed by atoms with Crippen molar-refractivity contribution in [3.8, 4) is 11.3 Å². The van der Waals surface area contributed by atoms with Crippen molar-refractivity contribution < 1.29 is 22.4 Å². The number of hydrogen-bond acceptors (Lipinski definition) is 3. The minimum atomic E-state index is -4.42. The number of hydrazone groups is 1. The molecule has 1 heterocycles. The number of nitrogens with zero attached hydrogens (tertiary/aromatic N) is 1. The highest BCUT2D eigenvalue weighted by atomic mass is 19.4. The molecule has 1 N–H and O–H groups in total. The zero-order valence-corrected chi connectivity index (χ0v) is 15.2. The second-order valence-electron chi connectivity index (χ2n) is 6.87. The average Bonchev–Trinajstić information content (AvgIpc) is 3.39. The van der Waals surface area contributed by atoms with Gasteiger partial charge in [-0.2, -0.15) is 18.3 Å². The Morgan fingerprint density at radius 3 is 2.62 bits per heavy atom. The van der Waals surface area contributed by atoms with Crippen LogP contribution in [0, 0.1) is 5.92 Å². The van der Waals surface area contributed by atoms with Gasteiger partial charge < -0.3 is 4.42 Å². The van der Waals surface area contributed by atoms with Crippen molar-refractivity contribution in [2.75, 3.05) is 0 Å². The first-order chi connectivity index (χ1) is 13.9. The van der Waals surface area contributed by atoms with E-state index in [9.17, 15) is 18.0 Å². The van der Waals surface area contributed by atoms with Crippen LogP contribution < -0.4 is 5.43 Å². The maximum absolute atomic E-state index is 12.8. The largest absolute Gasteiger partial charge is 0.455 e. The molecule has 0 spiro atoms. The summed E-state index contributed by atoms with van der Waals surface area (Å²) in [5.41, 5.74) is 3.19. The Bertz CT molecular complexity index is 1040. The number of rotatable bonds is 5. The Balaban J connectivity index is 1.36. The summed E-state index contributed by atoms with van der Waals surface area (Å²) in [5, 5.41) is 3.90. The molecule has 0 saturated heterocycles. The highest BCUT2D eigenvalue weighted by Crippen LogP contribution is 2.47. The van der Waals surface area contributed by atoms with Gasteiger partial charge in [-0.1, -0.05) is 42.5 Å². The van der Waals surface area contributed by atoms with Gasteiger partial charge in [0, 0.05) is 11.5 Å². The van der Waals surface area contributed by atoms with Crippen LogP contribution in [-0.2, 0) is 11.0 Å². The second-order valence-corrected chi connectivity index (χ2v) is 6.87. The fourth-order valence-corrected chi connectivity index (χ4v) is 3.22. The van der Waals surface area contributed by atoms with E-state index in [0.29, 0.717) is 11.3 Å². The number of furan rings is 1. The SMILES string of the molecule is O=C(N/N=C/c1ccc(-c2cccc(C(F)(F)F)c2)o1)[C@H]1C[C@@H]1c1ccccc1. The molecule has 4 rings (SSSR count). The fourth-order valence-electron chi connectivity index (χ4n) is 3.22. The van der Waals surface area contributed by atoms with Crippen LogP contribution >= 0.6 is 0 Å². The normalized spacial score (nSPS) is 18.7. The molecule has 1 aliphatic carbocycles. The molecule has 0 bridgehead atoms. The second kappa shape index (κ2) is 7.58. The van der Waals surface area contributed by atoms with Crippen LogP contribution in [-0.4, -0.2) is 12.1 Å². The lowest BCUT2D eigenvalue weighted by Crippen LogP contribution is -2.20. The molecule has 3 aromatic rings. The van der Waals surface area contributed by atoms with E-state index in [1.165, 1.54) is 18.3 Å². The van der Waals surface area contributed by atoms with E-state index in [1.54, 1.807) is 12.1 Å². The van der Waals surface area contributed by atoms with E-state index in [4.69, 9.17) is 4.42 Å². The molecule has 1 aliphatic rings. The van der Waals surface area contributed by atoms with Gasteiger partial charge in [-0.3, -0.25) is 4.79 Å². The number of carbonyl (C=O) groups is 1. The van der Waals surface area contributed by atoms with Gasteiger partial charge in [-0.05, 0) is 42.2 Å². The van der Waals surface area contributed by atoms with Crippen LogP contribution in [0.1, 0.15) is 29.2 Å². The summed E-state index contributed by atoms with van der Waals surface area (Å²) in [4.78, 5) is 12.2. The zero-order chi connectivity index (χ0) is 20.4. The molecule has 1 amide bonds. The summed E-state index contributed by atoms with van der Waals surface area (Å²) in [6, 6.07) is 17.9. The van der Waals surface area contributed by atoms with Gasteiger partial charge >= 0.3 is 6.18 Å². The van der Waals surface area contributed by atoms with Gasteiger partial charge in [0.1, 0.15) is 11.5 Å². The predicted octanol–water partition coefficient (Wildman–Crippen LogP) is 5.22. The predicted molar refractivity (Wildman–Crippen MR) is 102 cm³/mol. The molecule has 0 radical (unpaired) electrons. The molecule has 1 fully saturated rings. The molecule has 7 heteroatoms. The lowest BCUT2D eigenvalue weighted by molar-refractivity contribution is -0.137. The number of hydrogen-bond donors (Lipinski definition) is 1. The molecule has 148 valence electrons. The Kier molecular flexibility index (Phi) is 4.96. The first-order valence-electron chi connectivity index (χ1n) is 9.07. The third-order valence-corrected chi connectivity index (χ3v) is 4.82. The number of benzene rings is 2. The molecular weight excluding hydrogens is 381 g/mol. The maximum atomic E-state index is 12.8. The molecule has 2 aromatic carbocycles. The van der Waals surface area contributed by atoms with E-state index in [-0.39, 0.29) is 23.5 Å². The number of alkyl halides is 3. The van der Waals surface area contributed by atoms with E-state index in [1.807, 2.05) is 30.3 Å². The maximum Gasteiger partial charge on any atom is 0.416 e. The van der Waals surface area contributed by atoms with Crippen LogP contribution in [0.3, 0.4) is 0 Å². The number of amides is 1. The molecule has 29 heavy (non-hydrogen) atoms. The lowest BCUT2D eigenvalue weighted by atomic mass is 10.1. The fraction of sp³-hybridized carbons (Fsp3) is 0.182. The lowest BCUT2D eigenvalue weighted by Gasteiger charge is -2.07. The first-order valence-corrected chi connectivity index (χ1v) is 9.07. The van der Waals surface area contributed by atoms with Crippen molar-refractivity contribution in [2.45, 2.75) is 18.5 Å². The van der Waals surface area contributed by atoms with Crippen molar-refractivity contribution in [3.63, 3.8) is 0 Å².